The van der Waals surface area contributed by atoms with Crippen molar-refractivity contribution in [2.45, 2.75) is 32.7 Å². The van der Waals surface area contributed by atoms with E-state index in [0.29, 0.717) is 12.0 Å². The molecule has 0 bridgehead atoms. The highest BCUT2D eigenvalue weighted by molar-refractivity contribution is 5.52. The molecule has 0 radical (unpaired) electrons. The van der Waals surface area contributed by atoms with Gasteiger partial charge in [0.1, 0.15) is 0 Å². The number of pyridine rings is 1. The third-order valence-corrected chi connectivity index (χ3v) is 3.46. The van der Waals surface area contributed by atoms with Crippen molar-refractivity contribution in [1.29, 1.82) is 0 Å². The molecule has 1 aliphatic heterocycles. The van der Waals surface area contributed by atoms with Crippen LogP contribution in [0.4, 0.5) is 5.82 Å². The van der Waals surface area contributed by atoms with Crippen molar-refractivity contribution in [3.63, 3.8) is 0 Å². The first-order chi connectivity index (χ1) is 9.20. The Labute approximate surface area is 116 Å². The second-order valence-electron chi connectivity index (χ2n) is 5.62. The van der Waals surface area contributed by atoms with Crippen LogP contribution in [0.2, 0.25) is 0 Å². The van der Waals surface area contributed by atoms with Gasteiger partial charge in [-0.1, -0.05) is 13.8 Å². The number of nitrogens with zero attached hydrogens (tertiary/aromatic N) is 2. The third kappa shape index (κ3) is 3.83. The molecule has 4 heteroatoms. The Hall–Kier alpha value is -1.29. The van der Waals surface area contributed by atoms with E-state index in [4.69, 9.17) is 4.74 Å². The van der Waals surface area contributed by atoms with Crippen LogP contribution in [0.3, 0.4) is 0 Å². The molecule has 1 N–H and O–H groups in total. The monoisotopic (exact) mass is 263 g/mol. The molecule has 1 aliphatic rings. The van der Waals surface area contributed by atoms with E-state index >= 15 is 0 Å². The quantitative estimate of drug-likeness (QED) is 0.854. The molecule has 0 aliphatic carbocycles. The zero-order valence-corrected chi connectivity index (χ0v) is 12.2. The van der Waals surface area contributed by atoms with Gasteiger partial charge in [-0.25, -0.2) is 4.98 Å². The molecular formula is C15H25N3O. The number of anilines is 1. The van der Waals surface area contributed by atoms with Crippen LogP contribution in [0.15, 0.2) is 18.3 Å². The number of ether oxygens (including phenoxy) is 1. The molecule has 2 heterocycles. The van der Waals surface area contributed by atoms with Gasteiger partial charge >= 0.3 is 0 Å². The van der Waals surface area contributed by atoms with Gasteiger partial charge in [-0.05, 0) is 37.4 Å². The van der Waals surface area contributed by atoms with Crippen molar-refractivity contribution in [2.24, 2.45) is 5.92 Å². The summed E-state index contributed by atoms with van der Waals surface area (Å²) in [5.74, 6) is 2.43. The fraction of sp³-hybridized carbons (Fsp3) is 0.667. The Kier molecular flexibility index (Phi) is 5.02. The van der Waals surface area contributed by atoms with Gasteiger partial charge in [-0.15, -0.1) is 0 Å². The van der Waals surface area contributed by atoms with Gasteiger partial charge in [0.25, 0.3) is 0 Å². The van der Waals surface area contributed by atoms with Crippen LogP contribution < -0.4 is 15.0 Å². The summed E-state index contributed by atoms with van der Waals surface area (Å²) < 4.78 is 5.45. The lowest BCUT2D eigenvalue weighted by Crippen LogP contribution is -2.40. The van der Waals surface area contributed by atoms with Crippen LogP contribution in [-0.2, 0) is 0 Å². The van der Waals surface area contributed by atoms with E-state index in [2.05, 4.69) is 29.0 Å². The molecule has 1 atom stereocenters. The minimum atomic E-state index is 0.575. The molecule has 0 amide bonds. The lowest BCUT2D eigenvalue weighted by atomic mass is 10.1. The molecule has 1 aromatic rings. The largest absolute Gasteiger partial charge is 0.493 e. The molecular weight excluding hydrogens is 238 g/mol. The third-order valence-electron chi connectivity index (χ3n) is 3.46. The summed E-state index contributed by atoms with van der Waals surface area (Å²) in [6, 6.07) is 4.48. The van der Waals surface area contributed by atoms with E-state index < -0.39 is 0 Å². The summed E-state index contributed by atoms with van der Waals surface area (Å²) in [5, 5.41) is 3.56. The molecule has 0 aromatic carbocycles. The van der Waals surface area contributed by atoms with E-state index in [0.717, 1.165) is 31.2 Å². The van der Waals surface area contributed by atoms with Crippen molar-refractivity contribution in [3.05, 3.63) is 18.3 Å². The SMILES string of the molecule is COc1cccnc1N(CC(C)C)CC1CCCN1. The summed E-state index contributed by atoms with van der Waals surface area (Å²) in [6.45, 7) is 7.63. The van der Waals surface area contributed by atoms with Crippen molar-refractivity contribution in [1.82, 2.24) is 10.3 Å². The van der Waals surface area contributed by atoms with Crippen LogP contribution in [0.25, 0.3) is 0 Å². The van der Waals surface area contributed by atoms with Crippen molar-refractivity contribution in [2.75, 3.05) is 31.6 Å². The number of hydrogen-bond donors (Lipinski definition) is 1. The molecule has 1 unspecified atom stereocenters. The summed E-state index contributed by atoms with van der Waals surface area (Å²) in [7, 11) is 1.71. The predicted molar refractivity (Wildman–Crippen MR) is 78.9 cm³/mol. The number of methoxy groups -OCH3 is 1. The molecule has 19 heavy (non-hydrogen) atoms. The van der Waals surface area contributed by atoms with Gasteiger partial charge in [0.15, 0.2) is 11.6 Å². The first-order valence-electron chi connectivity index (χ1n) is 7.18. The minimum absolute atomic E-state index is 0.575. The number of rotatable bonds is 6. The molecule has 4 nitrogen and oxygen atoms in total. The van der Waals surface area contributed by atoms with E-state index in [1.165, 1.54) is 12.8 Å². The lowest BCUT2D eigenvalue weighted by Gasteiger charge is -2.29. The highest BCUT2D eigenvalue weighted by atomic mass is 16.5. The fourth-order valence-electron chi connectivity index (χ4n) is 2.65. The van der Waals surface area contributed by atoms with E-state index in [1.54, 1.807) is 7.11 Å². The molecule has 1 fully saturated rings. The van der Waals surface area contributed by atoms with Gasteiger partial charge in [-0.3, -0.25) is 0 Å². The van der Waals surface area contributed by atoms with Crippen LogP contribution in [0, 0.1) is 5.92 Å². The number of aromatic nitrogens is 1. The Morgan fingerprint density at radius 1 is 1.53 bits per heavy atom. The Morgan fingerprint density at radius 3 is 3.00 bits per heavy atom. The normalized spacial score (nSPS) is 18.8. The van der Waals surface area contributed by atoms with Gasteiger partial charge in [0.05, 0.1) is 7.11 Å². The van der Waals surface area contributed by atoms with Crippen LogP contribution in [0.1, 0.15) is 26.7 Å². The van der Waals surface area contributed by atoms with Gasteiger partial charge < -0.3 is 15.0 Å². The Morgan fingerprint density at radius 2 is 2.37 bits per heavy atom. The van der Waals surface area contributed by atoms with Gasteiger partial charge in [-0.2, -0.15) is 0 Å². The zero-order valence-electron chi connectivity index (χ0n) is 12.2. The number of nitrogens with one attached hydrogen (secondary N) is 1. The van der Waals surface area contributed by atoms with Crippen LogP contribution in [0.5, 0.6) is 5.75 Å². The summed E-state index contributed by atoms with van der Waals surface area (Å²) >= 11 is 0. The smallest absolute Gasteiger partial charge is 0.171 e. The number of hydrogen-bond acceptors (Lipinski definition) is 4. The fourth-order valence-corrected chi connectivity index (χ4v) is 2.65. The molecule has 1 aromatic heterocycles. The molecule has 106 valence electrons. The predicted octanol–water partition coefficient (Wildman–Crippen LogP) is 2.30. The molecule has 2 rings (SSSR count). The highest BCUT2D eigenvalue weighted by Gasteiger charge is 2.21. The molecule has 0 spiro atoms. The van der Waals surface area contributed by atoms with E-state index in [9.17, 15) is 0 Å². The van der Waals surface area contributed by atoms with Crippen molar-refractivity contribution < 1.29 is 4.74 Å². The highest BCUT2D eigenvalue weighted by Crippen LogP contribution is 2.26. The molecule has 1 saturated heterocycles. The first-order valence-corrected chi connectivity index (χ1v) is 7.18. The first kappa shape index (κ1) is 14.1. The van der Waals surface area contributed by atoms with Crippen molar-refractivity contribution >= 4 is 5.82 Å². The minimum Gasteiger partial charge on any atom is -0.493 e. The average molecular weight is 263 g/mol. The topological polar surface area (TPSA) is 37.4 Å². The lowest BCUT2D eigenvalue weighted by molar-refractivity contribution is 0.410. The van der Waals surface area contributed by atoms with E-state index in [1.807, 2.05) is 18.3 Å². The summed E-state index contributed by atoms with van der Waals surface area (Å²) in [4.78, 5) is 6.87. The Bertz CT molecular complexity index is 389. The van der Waals surface area contributed by atoms with Gasteiger partial charge in [0.2, 0.25) is 0 Å². The maximum atomic E-state index is 5.45. The van der Waals surface area contributed by atoms with Gasteiger partial charge in [0, 0.05) is 25.3 Å². The van der Waals surface area contributed by atoms with Crippen molar-refractivity contribution in [3.8, 4) is 5.75 Å². The van der Waals surface area contributed by atoms with Crippen LogP contribution >= 0.6 is 0 Å². The second-order valence-corrected chi connectivity index (χ2v) is 5.62. The Balaban J connectivity index is 2.15. The maximum Gasteiger partial charge on any atom is 0.171 e. The maximum absolute atomic E-state index is 5.45. The average Bonchev–Trinajstić information content (AvgIpc) is 2.90. The second kappa shape index (κ2) is 6.75. The zero-order chi connectivity index (χ0) is 13.7. The summed E-state index contributed by atoms with van der Waals surface area (Å²) in [5.41, 5.74) is 0. The van der Waals surface area contributed by atoms with Crippen LogP contribution in [-0.4, -0.2) is 37.8 Å². The standard InChI is InChI=1S/C15H25N3O/c1-12(2)10-18(11-13-6-4-8-16-13)15-14(19-3)7-5-9-17-15/h5,7,9,12-13,16H,4,6,8,10-11H2,1-3H3. The summed E-state index contributed by atoms with van der Waals surface area (Å²) in [6.07, 6.45) is 4.37. The molecule has 0 saturated carbocycles. The van der Waals surface area contributed by atoms with E-state index in [-0.39, 0.29) is 0 Å².